The highest BCUT2D eigenvalue weighted by atomic mass is 16.7. The molecule has 1 aliphatic rings. The van der Waals surface area contributed by atoms with Gasteiger partial charge in [-0.3, -0.25) is 0 Å². The average Bonchev–Trinajstić information content (AvgIpc) is 2.39. The van der Waals surface area contributed by atoms with E-state index in [0.717, 1.165) is 6.32 Å². The van der Waals surface area contributed by atoms with Gasteiger partial charge < -0.3 is 9.31 Å². The first kappa shape index (κ1) is 16.0. The van der Waals surface area contributed by atoms with Gasteiger partial charge in [-0.25, -0.2) is 0 Å². The van der Waals surface area contributed by atoms with Crippen molar-refractivity contribution in [2.24, 2.45) is 0 Å². The van der Waals surface area contributed by atoms with Crippen LogP contribution in [-0.4, -0.2) is 18.3 Å². The summed E-state index contributed by atoms with van der Waals surface area (Å²) in [6.07, 6.45) is 4.75. The van der Waals surface area contributed by atoms with E-state index in [1.165, 1.54) is 19.3 Å². The Morgan fingerprint density at radius 1 is 0.875 bits per heavy atom. The van der Waals surface area contributed by atoms with Crippen molar-refractivity contribution < 1.29 is 9.31 Å². The van der Waals surface area contributed by atoms with Crippen LogP contribution in [0.25, 0.3) is 0 Å². The maximum Gasteiger partial charge on any atom is 0.457 e. The predicted octanol–water partition coefficient (Wildman–Crippen LogP) is 4.30. The van der Waals surface area contributed by atoms with E-state index < -0.39 is 0 Å². The van der Waals surface area contributed by atoms with Crippen LogP contribution in [0, 0.1) is 0 Å². The van der Waals surface area contributed by atoms with Crippen LogP contribution in [0.1, 0.15) is 67.7 Å². The van der Waals surface area contributed by atoms with E-state index in [9.17, 15) is 0 Å². The summed E-state index contributed by atoms with van der Waals surface area (Å²) in [7, 11) is 0.00606. The van der Waals surface area contributed by atoms with Gasteiger partial charge in [0.05, 0.1) is 11.2 Å². The van der Waals surface area contributed by atoms with Crippen molar-refractivity contribution in [3.63, 3.8) is 0 Å². The first-order valence-corrected chi connectivity index (χ1v) is 6.75. The minimum absolute atomic E-state index is 0.00606. The zero-order chi connectivity index (χ0) is 12.8. The third-order valence-corrected chi connectivity index (χ3v) is 3.35. The lowest BCUT2D eigenvalue weighted by Crippen LogP contribution is -2.41. The Morgan fingerprint density at radius 3 is 1.69 bits per heavy atom. The van der Waals surface area contributed by atoms with Gasteiger partial charge in [-0.15, -0.1) is 0 Å². The summed E-state index contributed by atoms with van der Waals surface area (Å²) in [5, 5.41) is 0. The van der Waals surface area contributed by atoms with Crippen molar-refractivity contribution in [1.29, 1.82) is 0 Å². The van der Waals surface area contributed by atoms with E-state index >= 15 is 0 Å². The van der Waals surface area contributed by atoms with E-state index in [2.05, 4.69) is 34.6 Å². The molecule has 1 saturated heterocycles. The molecule has 16 heavy (non-hydrogen) atoms. The lowest BCUT2D eigenvalue weighted by Gasteiger charge is -2.32. The summed E-state index contributed by atoms with van der Waals surface area (Å²) in [4.78, 5) is 0. The molecule has 0 radical (unpaired) electrons. The molecule has 1 fully saturated rings. The predicted molar refractivity (Wildman–Crippen MR) is 71.8 cm³/mol. The van der Waals surface area contributed by atoms with Crippen LogP contribution >= 0.6 is 0 Å². The van der Waals surface area contributed by atoms with Gasteiger partial charge in [-0.1, -0.05) is 40.0 Å². The van der Waals surface area contributed by atoms with Crippen molar-refractivity contribution in [3.8, 4) is 0 Å². The SMILES string of the molecule is CC.CCCCCB1OC(C)(C)C(C)(C)O1. The summed E-state index contributed by atoms with van der Waals surface area (Å²) < 4.78 is 11.8. The number of hydrogen-bond donors (Lipinski definition) is 0. The maximum absolute atomic E-state index is 5.89. The minimum atomic E-state index is -0.163. The monoisotopic (exact) mass is 228 g/mol. The van der Waals surface area contributed by atoms with Crippen LogP contribution < -0.4 is 0 Å². The van der Waals surface area contributed by atoms with Crippen LogP contribution in [0.15, 0.2) is 0 Å². The van der Waals surface area contributed by atoms with Crippen LogP contribution in [-0.2, 0) is 9.31 Å². The summed E-state index contributed by atoms with van der Waals surface area (Å²) in [5.74, 6) is 0. The second-order valence-electron chi connectivity index (χ2n) is 5.18. The molecular formula is C13H29BO2. The van der Waals surface area contributed by atoms with Crippen molar-refractivity contribution in [3.05, 3.63) is 0 Å². The van der Waals surface area contributed by atoms with Crippen LogP contribution in [0.4, 0.5) is 0 Å². The molecule has 1 heterocycles. The molecule has 0 unspecified atom stereocenters. The molecule has 1 rings (SSSR count). The molecule has 0 aliphatic carbocycles. The Bertz CT molecular complexity index is 174. The molecule has 96 valence electrons. The summed E-state index contributed by atoms with van der Waals surface area (Å²) in [5.41, 5.74) is -0.326. The Morgan fingerprint density at radius 2 is 1.31 bits per heavy atom. The molecule has 0 spiro atoms. The van der Waals surface area contributed by atoms with E-state index in [0.29, 0.717) is 0 Å². The Kier molecular flexibility index (Phi) is 6.65. The molecule has 0 saturated carbocycles. The van der Waals surface area contributed by atoms with Gasteiger partial charge in [0.2, 0.25) is 0 Å². The standard InChI is InChI=1S/C11H23BO2.C2H6/c1-6-7-8-9-12-13-10(2,3)11(4,5)14-12;1-2/h6-9H2,1-5H3;1-2H3. The molecule has 0 aromatic heterocycles. The summed E-state index contributed by atoms with van der Waals surface area (Å²) in [6, 6.07) is 0. The molecule has 0 atom stereocenters. The van der Waals surface area contributed by atoms with Crippen LogP contribution in [0.2, 0.25) is 6.32 Å². The van der Waals surface area contributed by atoms with E-state index in [1.54, 1.807) is 0 Å². The van der Waals surface area contributed by atoms with Crippen molar-refractivity contribution in [1.82, 2.24) is 0 Å². The highest BCUT2D eigenvalue weighted by Crippen LogP contribution is 2.38. The van der Waals surface area contributed by atoms with Gasteiger partial charge in [0.15, 0.2) is 0 Å². The number of unbranched alkanes of at least 4 members (excludes halogenated alkanes) is 2. The van der Waals surface area contributed by atoms with Gasteiger partial charge in [0.1, 0.15) is 0 Å². The van der Waals surface area contributed by atoms with Crippen molar-refractivity contribution >= 4 is 7.12 Å². The lowest BCUT2D eigenvalue weighted by molar-refractivity contribution is 0.00578. The molecular weight excluding hydrogens is 199 g/mol. The molecule has 3 heteroatoms. The van der Waals surface area contributed by atoms with Crippen LogP contribution in [0.3, 0.4) is 0 Å². The molecule has 1 aliphatic heterocycles. The van der Waals surface area contributed by atoms with E-state index in [4.69, 9.17) is 9.31 Å². The maximum atomic E-state index is 5.89. The Hall–Kier alpha value is -0.0151. The highest BCUT2D eigenvalue weighted by Gasteiger charge is 2.50. The molecule has 0 bridgehead atoms. The van der Waals surface area contributed by atoms with Gasteiger partial charge in [0.25, 0.3) is 0 Å². The third kappa shape index (κ3) is 4.10. The zero-order valence-electron chi connectivity index (χ0n) is 12.2. The van der Waals surface area contributed by atoms with E-state index in [1.807, 2.05) is 13.8 Å². The topological polar surface area (TPSA) is 18.5 Å². The Balaban J connectivity index is 0.00000106. The van der Waals surface area contributed by atoms with Gasteiger partial charge in [-0.05, 0) is 34.0 Å². The van der Waals surface area contributed by atoms with Gasteiger partial charge in [0, 0.05) is 0 Å². The van der Waals surface area contributed by atoms with Crippen molar-refractivity contribution in [2.75, 3.05) is 0 Å². The molecule has 0 N–H and O–H groups in total. The first-order chi connectivity index (χ1) is 7.39. The zero-order valence-corrected chi connectivity index (χ0v) is 12.2. The average molecular weight is 228 g/mol. The second kappa shape index (κ2) is 6.66. The molecule has 0 aromatic carbocycles. The fraction of sp³-hybridized carbons (Fsp3) is 1.00. The number of rotatable bonds is 4. The van der Waals surface area contributed by atoms with Gasteiger partial charge in [-0.2, -0.15) is 0 Å². The largest absolute Gasteiger partial charge is 0.457 e. The summed E-state index contributed by atoms with van der Waals surface area (Å²) >= 11 is 0. The lowest BCUT2D eigenvalue weighted by atomic mass is 9.82. The first-order valence-electron chi connectivity index (χ1n) is 6.75. The molecule has 0 aromatic rings. The van der Waals surface area contributed by atoms with Gasteiger partial charge >= 0.3 is 7.12 Å². The highest BCUT2D eigenvalue weighted by molar-refractivity contribution is 6.45. The fourth-order valence-electron chi connectivity index (χ4n) is 1.64. The number of hydrogen-bond acceptors (Lipinski definition) is 2. The smallest absolute Gasteiger partial charge is 0.403 e. The second-order valence-corrected chi connectivity index (χ2v) is 5.18. The Labute approximate surface area is 102 Å². The quantitative estimate of drug-likeness (QED) is 0.527. The van der Waals surface area contributed by atoms with Crippen molar-refractivity contribution in [2.45, 2.75) is 85.3 Å². The normalized spacial score (nSPS) is 21.6. The fourth-order valence-corrected chi connectivity index (χ4v) is 1.64. The molecule has 0 amide bonds. The summed E-state index contributed by atoms with van der Waals surface area (Å²) in [6.45, 7) is 14.6. The minimum Gasteiger partial charge on any atom is -0.403 e. The molecule has 2 nitrogen and oxygen atoms in total. The van der Waals surface area contributed by atoms with Crippen LogP contribution in [0.5, 0.6) is 0 Å². The third-order valence-electron chi connectivity index (χ3n) is 3.35. The van der Waals surface area contributed by atoms with E-state index in [-0.39, 0.29) is 18.3 Å².